The van der Waals surface area contributed by atoms with E-state index in [1.165, 1.54) is 6.07 Å². The van der Waals surface area contributed by atoms with Gasteiger partial charge < -0.3 is 16.0 Å². The summed E-state index contributed by atoms with van der Waals surface area (Å²) in [6.07, 6.45) is 0.744. The van der Waals surface area contributed by atoms with Crippen LogP contribution in [0.5, 0.6) is 0 Å². The largest absolute Gasteiger partial charge is 0.351 e. The number of carbonyl (C=O) groups is 1. The zero-order chi connectivity index (χ0) is 10.6. The van der Waals surface area contributed by atoms with E-state index in [1.54, 1.807) is 0 Å². The van der Waals surface area contributed by atoms with Gasteiger partial charge in [-0.3, -0.25) is 4.79 Å². The highest BCUT2D eigenvalue weighted by molar-refractivity contribution is 6.41. The lowest BCUT2D eigenvalue weighted by molar-refractivity contribution is 0.0949. The molecule has 0 aliphatic heterocycles. The third-order valence-electron chi connectivity index (χ3n) is 1.64. The Morgan fingerprint density at radius 1 is 1.57 bits per heavy atom. The van der Waals surface area contributed by atoms with E-state index in [4.69, 9.17) is 28.9 Å². The smallest absolute Gasteiger partial charge is 0.267 e. The van der Waals surface area contributed by atoms with Crippen LogP contribution >= 0.6 is 23.2 Å². The van der Waals surface area contributed by atoms with Gasteiger partial charge in [0.1, 0.15) is 10.8 Å². The van der Waals surface area contributed by atoms with Gasteiger partial charge in [0.15, 0.2) is 0 Å². The zero-order valence-electron chi connectivity index (χ0n) is 7.44. The first-order chi connectivity index (χ1) is 6.65. The maximum absolute atomic E-state index is 11.4. The van der Waals surface area contributed by atoms with Crippen LogP contribution in [0, 0.1) is 0 Å². The van der Waals surface area contributed by atoms with Crippen LogP contribution in [0.4, 0.5) is 0 Å². The Labute approximate surface area is 91.8 Å². The van der Waals surface area contributed by atoms with Gasteiger partial charge in [-0.05, 0) is 19.0 Å². The highest BCUT2D eigenvalue weighted by Crippen LogP contribution is 2.21. The van der Waals surface area contributed by atoms with E-state index in [0.29, 0.717) is 23.8 Å². The van der Waals surface area contributed by atoms with E-state index in [-0.39, 0.29) is 11.1 Å². The number of hydrogen-bond acceptors (Lipinski definition) is 2. The Bertz CT molecular complexity index is 305. The lowest BCUT2D eigenvalue weighted by atomic mass is 10.4. The fraction of sp³-hybridized carbons (Fsp3) is 0.375. The number of hydrogen-bond donors (Lipinski definition) is 3. The van der Waals surface area contributed by atoms with Crippen LogP contribution in [-0.4, -0.2) is 24.0 Å². The average Bonchev–Trinajstić information content (AvgIpc) is 2.47. The van der Waals surface area contributed by atoms with Crippen LogP contribution in [0.3, 0.4) is 0 Å². The molecule has 0 saturated carbocycles. The van der Waals surface area contributed by atoms with E-state index in [2.05, 4.69) is 10.3 Å². The standard InChI is InChI=1S/C8H11Cl2N3O/c9-5-4-6(13-7(5)10)8(14)12-3-1-2-11/h4,13H,1-3,11H2,(H,12,14). The first-order valence-electron chi connectivity index (χ1n) is 4.17. The molecule has 1 aromatic heterocycles. The zero-order valence-corrected chi connectivity index (χ0v) is 8.95. The number of carbonyl (C=O) groups excluding carboxylic acids is 1. The third-order valence-corrected chi connectivity index (χ3v) is 2.33. The highest BCUT2D eigenvalue weighted by Gasteiger charge is 2.10. The molecule has 0 unspecified atom stereocenters. The molecule has 4 N–H and O–H groups in total. The van der Waals surface area contributed by atoms with Crippen molar-refractivity contribution in [1.29, 1.82) is 0 Å². The molecule has 14 heavy (non-hydrogen) atoms. The normalized spacial score (nSPS) is 10.2. The van der Waals surface area contributed by atoms with Crippen LogP contribution in [0.25, 0.3) is 0 Å². The van der Waals surface area contributed by atoms with Gasteiger partial charge >= 0.3 is 0 Å². The summed E-state index contributed by atoms with van der Waals surface area (Å²) in [5, 5.41) is 3.29. The molecule has 0 fully saturated rings. The van der Waals surface area contributed by atoms with Crippen LogP contribution in [0.1, 0.15) is 16.9 Å². The fourth-order valence-corrected chi connectivity index (χ4v) is 1.24. The molecule has 0 saturated heterocycles. The minimum atomic E-state index is -0.229. The van der Waals surface area contributed by atoms with Crippen molar-refractivity contribution in [2.75, 3.05) is 13.1 Å². The molecule has 0 bridgehead atoms. The first-order valence-corrected chi connectivity index (χ1v) is 4.93. The first kappa shape index (κ1) is 11.4. The Hall–Kier alpha value is -0.710. The van der Waals surface area contributed by atoms with Gasteiger partial charge in [0.05, 0.1) is 5.02 Å². The molecule has 6 heteroatoms. The minimum absolute atomic E-state index is 0.229. The van der Waals surface area contributed by atoms with E-state index in [9.17, 15) is 4.79 Å². The molecule has 1 aromatic rings. The van der Waals surface area contributed by atoms with Crippen LogP contribution < -0.4 is 11.1 Å². The highest BCUT2D eigenvalue weighted by atomic mass is 35.5. The van der Waals surface area contributed by atoms with Gasteiger partial charge in [-0.2, -0.15) is 0 Å². The number of H-pyrrole nitrogens is 1. The maximum Gasteiger partial charge on any atom is 0.267 e. The monoisotopic (exact) mass is 235 g/mol. The minimum Gasteiger partial charge on any atom is -0.351 e. The van der Waals surface area contributed by atoms with Crippen LogP contribution in [0.15, 0.2) is 6.07 Å². The summed E-state index contributed by atoms with van der Waals surface area (Å²) in [4.78, 5) is 14.0. The Kier molecular flexibility index (Phi) is 4.25. The second-order valence-electron chi connectivity index (χ2n) is 2.74. The second kappa shape index (κ2) is 5.24. The van der Waals surface area contributed by atoms with E-state index in [0.717, 1.165) is 6.42 Å². The molecular formula is C8H11Cl2N3O. The van der Waals surface area contributed by atoms with Gasteiger partial charge in [0, 0.05) is 6.54 Å². The molecule has 0 aliphatic carbocycles. The molecule has 1 rings (SSSR count). The van der Waals surface area contributed by atoms with Crippen molar-refractivity contribution in [1.82, 2.24) is 10.3 Å². The number of nitrogens with one attached hydrogen (secondary N) is 2. The summed E-state index contributed by atoms with van der Waals surface area (Å²) in [7, 11) is 0. The summed E-state index contributed by atoms with van der Waals surface area (Å²) in [5.41, 5.74) is 5.64. The van der Waals surface area contributed by atoms with Crippen molar-refractivity contribution in [3.05, 3.63) is 21.9 Å². The summed E-state index contributed by atoms with van der Waals surface area (Å²) in [5.74, 6) is -0.229. The predicted molar refractivity (Wildman–Crippen MR) is 56.8 cm³/mol. The molecule has 78 valence electrons. The van der Waals surface area contributed by atoms with E-state index in [1.807, 2.05) is 0 Å². The van der Waals surface area contributed by atoms with Gasteiger partial charge in [0.2, 0.25) is 0 Å². The van der Waals surface area contributed by atoms with Gasteiger partial charge in [-0.1, -0.05) is 23.2 Å². The van der Waals surface area contributed by atoms with Crippen molar-refractivity contribution >= 4 is 29.1 Å². The predicted octanol–water partition coefficient (Wildman–Crippen LogP) is 1.40. The van der Waals surface area contributed by atoms with E-state index >= 15 is 0 Å². The molecule has 0 aliphatic rings. The number of aromatic nitrogens is 1. The summed E-state index contributed by atoms with van der Waals surface area (Å²) in [6, 6.07) is 1.49. The number of rotatable bonds is 4. The van der Waals surface area contributed by atoms with Gasteiger partial charge in [0.25, 0.3) is 5.91 Å². The lowest BCUT2D eigenvalue weighted by Crippen LogP contribution is -2.26. The maximum atomic E-state index is 11.4. The number of amides is 1. The summed E-state index contributed by atoms with van der Waals surface area (Å²) in [6.45, 7) is 1.09. The molecule has 4 nitrogen and oxygen atoms in total. The molecule has 0 spiro atoms. The van der Waals surface area contributed by atoms with Crippen molar-refractivity contribution in [2.24, 2.45) is 5.73 Å². The second-order valence-corrected chi connectivity index (χ2v) is 3.53. The fourth-order valence-electron chi connectivity index (χ4n) is 0.926. The molecule has 1 heterocycles. The molecule has 0 atom stereocenters. The molecule has 0 aromatic carbocycles. The topological polar surface area (TPSA) is 70.9 Å². The van der Waals surface area contributed by atoms with E-state index < -0.39 is 0 Å². The quantitative estimate of drug-likeness (QED) is 0.691. The molecule has 1 amide bonds. The number of nitrogens with two attached hydrogens (primary N) is 1. The van der Waals surface area contributed by atoms with Gasteiger partial charge in [-0.25, -0.2) is 0 Å². The third kappa shape index (κ3) is 2.90. The van der Waals surface area contributed by atoms with Crippen molar-refractivity contribution in [3.8, 4) is 0 Å². The van der Waals surface area contributed by atoms with Crippen LogP contribution in [-0.2, 0) is 0 Å². The average molecular weight is 236 g/mol. The van der Waals surface area contributed by atoms with Crippen molar-refractivity contribution in [2.45, 2.75) is 6.42 Å². The van der Waals surface area contributed by atoms with Crippen molar-refractivity contribution < 1.29 is 4.79 Å². The number of halogens is 2. The Balaban J connectivity index is 2.52. The number of aromatic amines is 1. The summed E-state index contributed by atoms with van der Waals surface area (Å²) >= 11 is 11.3. The molecular weight excluding hydrogens is 225 g/mol. The van der Waals surface area contributed by atoms with Crippen LogP contribution in [0.2, 0.25) is 10.2 Å². The Morgan fingerprint density at radius 2 is 2.29 bits per heavy atom. The summed E-state index contributed by atoms with van der Waals surface area (Å²) < 4.78 is 0. The Morgan fingerprint density at radius 3 is 2.79 bits per heavy atom. The molecule has 0 radical (unpaired) electrons. The van der Waals surface area contributed by atoms with Crippen molar-refractivity contribution in [3.63, 3.8) is 0 Å². The van der Waals surface area contributed by atoms with Gasteiger partial charge in [-0.15, -0.1) is 0 Å². The SMILES string of the molecule is NCCCNC(=O)c1cc(Cl)c(Cl)[nH]1. The lowest BCUT2D eigenvalue weighted by Gasteiger charge is -2.01.